The number of carbonyl (C=O) groups is 2. The number of carbonyl (C=O) groups excluding carboxylic acids is 2. The molecule has 0 atom stereocenters. The van der Waals surface area contributed by atoms with Crippen molar-refractivity contribution < 1.29 is 18.7 Å². The van der Waals surface area contributed by atoms with Gasteiger partial charge in [0.15, 0.2) is 0 Å². The van der Waals surface area contributed by atoms with Crippen molar-refractivity contribution in [2.75, 3.05) is 11.5 Å². The van der Waals surface area contributed by atoms with Gasteiger partial charge in [-0.25, -0.2) is 9.18 Å². The minimum absolute atomic E-state index is 0.207. The van der Waals surface area contributed by atoms with Crippen molar-refractivity contribution in [3.63, 3.8) is 0 Å². The smallest absolute Gasteiger partial charge is 0.340 e. The van der Waals surface area contributed by atoms with Crippen LogP contribution in [0.1, 0.15) is 19.4 Å². The van der Waals surface area contributed by atoms with Crippen LogP contribution in [0, 0.1) is 5.82 Å². The van der Waals surface area contributed by atoms with Crippen molar-refractivity contribution in [1.29, 1.82) is 0 Å². The minimum Gasteiger partial charge on any atom is -0.462 e. The van der Waals surface area contributed by atoms with E-state index in [1.54, 1.807) is 44.2 Å². The van der Waals surface area contributed by atoms with E-state index in [0.717, 1.165) is 0 Å². The maximum absolute atomic E-state index is 13.1. The molecule has 0 unspecified atom stereocenters. The van der Waals surface area contributed by atoms with Crippen molar-refractivity contribution in [3.8, 4) is 0 Å². The fourth-order valence-corrected chi connectivity index (χ4v) is 2.89. The Morgan fingerprint density at radius 2 is 1.77 bits per heavy atom. The summed E-state index contributed by atoms with van der Waals surface area (Å²) in [5, 5.41) is 0. The van der Waals surface area contributed by atoms with Crippen LogP contribution in [0.15, 0.2) is 71.4 Å². The second-order valence-corrected chi connectivity index (χ2v) is 5.77. The lowest BCUT2D eigenvalue weighted by atomic mass is 10.0. The Labute approximate surface area is 151 Å². The van der Waals surface area contributed by atoms with Gasteiger partial charge in [-0.2, -0.15) is 0 Å². The van der Waals surface area contributed by atoms with E-state index >= 15 is 0 Å². The van der Waals surface area contributed by atoms with Crippen LogP contribution in [0.4, 0.5) is 10.1 Å². The van der Waals surface area contributed by atoms with E-state index in [9.17, 15) is 14.0 Å². The van der Waals surface area contributed by atoms with Gasteiger partial charge in [0.1, 0.15) is 5.82 Å². The Balaban J connectivity index is 2.11. The molecule has 2 aromatic carbocycles. The van der Waals surface area contributed by atoms with Crippen LogP contribution in [-0.4, -0.2) is 18.5 Å². The summed E-state index contributed by atoms with van der Waals surface area (Å²) in [6, 6.07) is 14.8. The SMILES string of the molecule is CCOC(=O)C1=C(C)N(c2ccccc2)C(=O)/C1=C/c1ccc(F)cc1. The molecule has 0 aromatic heterocycles. The number of anilines is 1. The van der Waals surface area contributed by atoms with Crippen molar-refractivity contribution >= 4 is 23.6 Å². The normalized spacial score (nSPS) is 15.7. The lowest BCUT2D eigenvalue weighted by molar-refractivity contribution is -0.138. The molecule has 1 amide bonds. The molecule has 5 heteroatoms. The third-order valence-electron chi connectivity index (χ3n) is 4.08. The molecule has 0 aliphatic carbocycles. The number of rotatable bonds is 4. The lowest BCUT2D eigenvalue weighted by Gasteiger charge is -2.17. The van der Waals surface area contributed by atoms with Crippen LogP contribution in [-0.2, 0) is 14.3 Å². The van der Waals surface area contributed by atoms with E-state index in [2.05, 4.69) is 0 Å². The molecular weight excluding hydrogens is 333 g/mol. The Hall–Kier alpha value is -3.21. The number of nitrogens with zero attached hydrogens (tertiary/aromatic N) is 1. The second kappa shape index (κ2) is 7.35. The van der Waals surface area contributed by atoms with Gasteiger partial charge in [0.25, 0.3) is 5.91 Å². The Morgan fingerprint density at radius 3 is 2.38 bits per heavy atom. The average Bonchev–Trinajstić information content (AvgIpc) is 2.88. The van der Waals surface area contributed by atoms with Gasteiger partial charge in [0.2, 0.25) is 0 Å². The second-order valence-electron chi connectivity index (χ2n) is 5.77. The number of ether oxygens (including phenoxy) is 1. The third-order valence-corrected chi connectivity index (χ3v) is 4.08. The Morgan fingerprint density at radius 1 is 1.12 bits per heavy atom. The zero-order chi connectivity index (χ0) is 18.7. The van der Waals surface area contributed by atoms with Crippen molar-refractivity contribution in [1.82, 2.24) is 0 Å². The Bertz CT molecular complexity index is 899. The molecule has 0 saturated carbocycles. The van der Waals surface area contributed by atoms with E-state index in [1.807, 2.05) is 18.2 Å². The van der Waals surface area contributed by atoms with Gasteiger partial charge in [-0.05, 0) is 49.8 Å². The fraction of sp³-hybridized carbons (Fsp3) is 0.143. The van der Waals surface area contributed by atoms with Crippen LogP contribution >= 0.6 is 0 Å². The van der Waals surface area contributed by atoms with Crippen LogP contribution in [0.5, 0.6) is 0 Å². The zero-order valence-corrected chi connectivity index (χ0v) is 14.5. The summed E-state index contributed by atoms with van der Waals surface area (Å²) in [7, 11) is 0. The monoisotopic (exact) mass is 351 g/mol. The van der Waals surface area contributed by atoms with Gasteiger partial charge in [-0.1, -0.05) is 30.3 Å². The molecule has 1 aliphatic heterocycles. The first-order chi connectivity index (χ1) is 12.5. The van der Waals surface area contributed by atoms with E-state index in [1.165, 1.54) is 17.0 Å². The molecule has 1 heterocycles. The maximum Gasteiger partial charge on any atom is 0.340 e. The number of hydrogen-bond acceptors (Lipinski definition) is 3. The highest BCUT2D eigenvalue weighted by molar-refractivity contribution is 6.23. The molecule has 0 bridgehead atoms. The van der Waals surface area contributed by atoms with Crippen LogP contribution in [0.2, 0.25) is 0 Å². The molecule has 4 nitrogen and oxygen atoms in total. The molecule has 26 heavy (non-hydrogen) atoms. The molecular formula is C21H18FNO3. The first-order valence-electron chi connectivity index (χ1n) is 8.28. The summed E-state index contributed by atoms with van der Waals surface area (Å²) in [4.78, 5) is 27.0. The number of esters is 1. The van der Waals surface area contributed by atoms with E-state index in [4.69, 9.17) is 4.74 Å². The highest BCUT2D eigenvalue weighted by Gasteiger charge is 2.37. The van der Waals surface area contributed by atoms with E-state index < -0.39 is 5.97 Å². The van der Waals surface area contributed by atoms with Crippen molar-refractivity contribution in [2.24, 2.45) is 0 Å². The van der Waals surface area contributed by atoms with Crippen molar-refractivity contribution in [3.05, 3.63) is 82.8 Å². The molecule has 0 radical (unpaired) electrons. The number of hydrogen-bond donors (Lipinski definition) is 0. The lowest BCUT2D eigenvalue weighted by Crippen LogP contribution is -2.24. The van der Waals surface area contributed by atoms with Crippen LogP contribution in [0.25, 0.3) is 6.08 Å². The van der Waals surface area contributed by atoms with Crippen molar-refractivity contribution in [2.45, 2.75) is 13.8 Å². The van der Waals surface area contributed by atoms with Gasteiger partial charge < -0.3 is 4.74 Å². The highest BCUT2D eigenvalue weighted by atomic mass is 19.1. The zero-order valence-electron chi connectivity index (χ0n) is 14.5. The summed E-state index contributed by atoms with van der Waals surface area (Å²) in [6.45, 7) is 3.63. The first-order valence-corrected chi connectivity index (χ1v) is 8.28. The number of allylic oxidation sites excluding steroid dienone is 1. The molecule has 0 fully saturated rings. The van der Waals surface area contributed by atoms with E-state index in [-0.39, 0.29) is 29.5 Å². The van der Waals surface area contributed by atoms with Gasteiger partial charge in [0, 0.05) is 11.4 Å². The Kier molecular flexibility index (Phi) is 4.98. The van der Waals surface area contributed by atoms with Gasteiger partial charge in [-0.3, -0.25) is 9.69 Å². The summed E-state index contributed by atoms with van der Waals surface area (Å²) < 4.78 is 18.3. The molecule has 2 aromatic rings. The molecule has 0 N–H and O–H groups in total. The fourth-order valence-electron chi connectivity index (χ4n) is 2.89. The van der Waals surface area contributed by atoms with Crippen LogP contribution < -0.4 is 4.90 Å². The van der Waals surface area contributed by atoms with E-state index in [0.29, 0.717) is 16.9 Å². The largest absolute Gasteiger partial charge is 0.462 e. The predicted octanol–water partition coefficient (Wildman–Crippen LogP) is 4.09. The molecule has 0 spiro atoms. The highest BCUT2D eigenvalue weighted by Crippen LogP contribution is 2.35. The summed E-state index contributed by atoms with van der Waals surface area (Å²) >= 11 is 0. The van der Waals surface area contributed by atoms with Gasteiger partial charge in [0.05, 0.1) is 17.8 Å². The topological polar surface area (TPSA) is 46.6 Å². The average molecular weight is 351 g/mol. The van der Waals surface area contributed by atoms with Crippen LogP contribution in [0.3, 0.4) is 0 Å². The number of benzene rings is 2. The predicted molar refractivity (Wildman–Crippen MR) is 97.6 cm³/mol. The maximum atomic E-state index is 13.1. The standard InChI is InChI=1S/C21H18FNO3/c1-3-26-21(25)19-14(2)23(17-7-5-4-6-8-17)20(24)18(19)13-15-9-11-16(22)12-10-15/h4-13H,3H2,1-2H3/b18-13+. The summed E-state index contributed by atoms with van der Waals surface area (Å²) in [5.41, 5.74) is 2.26. The third kappa shape index (κ3) is 3.28. The first kappa shape index (κ1) is 17.6. The molecule has 132 valence electrons. The summed E-state index contributed by atoms with van der Waals surface area (Å²) in [6.07, 6.45) is 1.58. The molecule has 3 rings (SSSR count). The van der Waals surface area contributed by atoms with Gasteiger partial charge in [-0.15, -0.1) is 0 Å². The minimum atomic E-state index is -0.551. The number of para-hydroxylation sites is 1. The molecule has 1 aliphatic rings. The quantitative estimate of drug-likeness (QED) is 0.616. The summed E-state index contributed by atoms with van der Waals surface area (Å²) in [5.74, 6) is -1.24. The van der Waals surface area contributed by atoms with Gasteiger partial charge >= 0.3 is 5.97 Å². The molecule has 0 saturated heterocycles. The number of halogens is 1. The number of amides is 1.